The molecule has 0 bridgehead atoms. The fraction of sp³-hybridized carbons (Fsp3) is 0.133. The largest absolute Gasteiger partial charge is 0.326 e. The van der Waals surface area contributed by atoms with Crippen molar-refractivity contribution in [1.29, 1.82) is 0 Å². The summed E-state index contributed by atoms with van der Waals surface area (Å²) >= 11 is 11.7. The number of carbonyl (C=O) groups excluding carboxylic acids is 1. The Labute approximate surface area is 122 Å². The Morgan fingerprint density at radius 3 is 2.42 bits per heavy atom. The average Bonchev–Trinajstić information content (AvgIpc) is 2.38. The quantitative estimate of drug-likeness (QED) is 0.879. The second-order valence-electron chi connectivity index (χ2n) is 4.18. The summed E-state index contributed by atoms with van der Waals surface area (Å²) in [6.07, 6.45) is 1.11. The molecule has 0 heterocycles. The lowest BCUT2D eigenvalue weighted by atomic mass is 10.1. The van der Waals surface area contributed by atoms with E-state index >= 15 is 0 Å². The van der Waals surface area contributed by atoms with Crippen LogP contribution in [0.5, 0.6) is 0 Å². The summed E-state index contributed by atoms with van der Waals surface area (Å²) in [5.74, 6) is -0.0304. The van der Waals surface area contributed by atoms with Crippen molar-refractivity contribution in [1.82, 2.24) is 0 Å². The van der Waals surface area contributed by atoms with E-state index in [1.54, 1.807) is 18.2 Å². The SMILES string of the molecule is O=C(CCc1ccc(Cl)cc1)Nc1cccc(Cl)c1. The Bertz CT molecular complexity index is 567. The van der Waals surface area contributed by atoms with Gasteiger partial charge < -0.3 is 5.32 Å². The molecule has 0 radical (unpaired) electrons. The number of rotatable bonds is 4. The fourth-order valence-corrected chi connectivity index (χ4v) is 2.01. The number of benzene rings is 2. The van der Waals surface area contributed by atoms with Crippen LogP contribution in [0.3, 0.4) is 0 Å². The number of anilines is 1. The molecule has 2 aromatic rings. The lowest BCUT2D eigenvalue weighted by molar-refractivity contribution is -0.116. The Morgan fingerprint density at radius 2 is 1.74 bits per heavy atom. The van der Waals surface area contributed by atoms with E-state index in [0.29, 0.717) is 28.6 Å². The van der Waals surface area contributed by atoms with Crippen molar-refractivity contribution in [3.8, 4) is 0 Å². The minimum Gasteiger partial charge on any atom is -0.326 e. The van der Waals surface area contributed by atoms with Gasteiger partial charge in [0.15, 0.2) is 0 Å². The van der Waals surface area contributed by atoms with Gasteiger partial charge in [-0.15, -0.1) is 0 Å². The minimum atomic E-state index is -0.0304. The van der Waals surface area contributed by atoms with Gasteiger partial charge in [-0.1, -0.05) is 41.4 Å². The maximum atomic E-state index is 11.8. The minimum absolute atomic E-state index is 0.0304. The van der Waals surface area contributed by atoms with Crippen LogP contribution in [-0.2, 0) is 11.2 Å². The predicted octanol–water partition coefficient (Wildman–Crippen LogP) is 4.56. The molecule has 0 saturated carbocycles. The van der Waals surface area contributed by atoms with E-state index in [2.05, 4.69) is 5.32 Å². The maximum Gasteiger partial charge on any atom is 0.224 e. The number of hydrogen-bond donors (Lipinski definition) is 1. The molecule has 0 atom stereocenters. The van der Waals surface area contributed by atoms with Gasteiger partial charge in [0.25, 0.3) is 0 Å². The number of nitrogens with one attached hydrogen (secondary N) is 1. The van der Waals surface area contributed by atoms with Crippen LogP contribution in [0, 0.1) is 0 Å². The number of hydrogen-bond acceptors (Lipinski definition) is 1. The van der Waals surface area contributed by atoms with Crippen LogP contribution in [0.2, 0.25) is 10.0 Å². The third-order valence-electron chi connectivity index (χ3n) is 2.66. The number of amides is 1. The monoisotopic (exact) mass is 293 g/mol. The molecule has 0 spiro atoms. The van der Waals surface area contributed by atoms with E-state index in [0.717, 1.165) is 5.56 Å². The number of carbonyl (C=O) groups is 1. The molecule has 2 rings (SSSR count). The van der Waals surface area contributed by atoms with E-state index in [-0.39, 0.29) is 5.91 Å². The van der Waals surface area contributed by atoms with Gasteiger partial charge in [0, 0.05) is 22.2 Å². The van der Waals surface area contributed by atoms with Gasteiger partial charge in [-0.3, -0.25) is 4.79 Å². The van der Waals surface area contributed by atoms with Gasteiger partial charge in [-0.2, -0.15) is 0 Å². The molecule has 0 fully saturated rings. The van der Waals surface area contributed by atoms with Crippen LogP contribution in [0.4, 0.5) is 5.69 Å². The molecule has 0 unspecified atom stereocenters. The smallest absolute Gasteiger partial charge is 0.224 e. The Balaban J connectivity index is 1.86. The Kier molecular flexibility index (Phi) is 4.83. The standard InChI is InChI=1S/C15H13Cl2NO/c16-12-7-4-11(5-8-12)6-9-15(19)18-14-3-1-2-13(17)10-14/h1-5,7-8,10H,6,9H2,(H,18,19). The van der Waals surface area contributed by atoms with Crippen molar-refractivity contribution in [3.05, 3.63) is 64.1 Å². The molecular weight excluding hydrogens is 281 g/mol. The van der Waals surface area contributed by atoms with Crippen molar-refractivity contribution in [2.75, 3.05) is 5.32 Å². The zero-order valence-corrected chi connectivity index (χ0v) is 11.7. The first-order valence-electron chi connectivity index (χ1n) is 5.93. The summed E-state index contributed by atoms with van der Waals surface area (Å²) < 4.78 is 0. The molecule has 0 aliphatic carbocycles. The highest BCUT2D eigenvalue weighted by atomic mass is 35.5. The van der Waals surface area contributed by atoms with Gasteiger partial charge in [0.05, 0.1) is 0 Å². The van der Waals surface area contributed by atoms with Crippen LogP contribution in [0.1, 0.15) is 12.0 Å². The van der Waals surface area contributed by atoms with Crippen molar-refractivity contribution < 1.29 is 4.79 Å². The summed E-state index contributed by atoms with van der Waals surface area (Å²) in [5, 5.41) is 4.12. The third kappa shape index (κ3) is 4.58. The molecule has 0 aliphatic rings. The van der Waals surface area contributed by atoms with Crippen LogP contribution >= 0.6 is 23.2 Å². The summed E-state index contributed by atoms with van der Waals surface area (Å²) in [6, 6.07) is 14.6. The highest BCUT2D eigenvalue weighted by Crippen LogP contribution is 2.16. The zero-order valence-electron chi connectivity index (χ0n) is 10.2. The lowest BCUT2D eigenvalue weighted by Crippen LogP contribution is -2.12. The van der Waals surface area contributed by atoms with Gasteiger partial charge in [-0.25, -0.2) is 0 Å². The summed E-state index contributed by atoms with van der Waals surface area (Å²) in [5.41, 5.74) is 1.80. The molecular formula is C15H13Cl2NO. The third-order valence-corrected chi connectivity index (χ3v) is 3.15. The van der Waals surface area contributed by atoms with E-state index < -0.39 is 0 Å². The van der Waals surface area contributed by atoms with Crippen molar-refractivity contribution in [2.45, 2.75) is 12.8 Å². The second-order valence-corrected chi connectivity index (χ2v) is 5.06. The lowest BCUT2D eigenvalue weighted by Gasteiger charge is -2.05. The predicted molar refractivity (Wildman–Crippen MR) is 79.9 cm³/mol. The van der Waals surface area contributed by atoms with Crippen LogP contribution in [0.15, 0.2) is 48.5 Å². The first kappa shape index (κ1) is 13.9. The fourth-order valence-electron chi connectivity index (χ4n) is 1.70. The molecule has 19 heavy (non-hydrogen) atoms. The molecule has 98 valence electrons. The molecule has 2 nitrogen and oxygen atoms in total. The van der Waals surface area contributed by atoms with E-state index in [1.165, 1.54) is 0 Å². The van der Waals surface area contributed by atoms with Crippen LogP contribution < -0.4 is 5.32 Å². The van der Waals surface area contributed by atoms with Gasteiger partial charge in [-0.05, 0) is 42.3 Å². The summed E-state index contributed by atoms with van der Waals surface area (Å²) in [4.78, 5) is 11.8. The topological polar surface area (TPSA) is 29.1 Å². The first-order chi connectivity index (χ1) is 9.13. The Hall–Kier alpha value is -1.51. The summed E-state index contributed by atoms with van der Waals surface area (Å²) in [6.45, 7) is 0. The Morgan fingerprint density at radius 1 is 1.00 bits per heavy atom. The van der Waals surface area contributed by atoms with Crippen LogP contribution in [0.25, 0.3) is 0 Å². The maximum absolute atomic E-state index is 11.8. The highest BCUT2D eigenvalue weighted by Gasteiger charge is 2.03. The molecule has 0 aromatic heterocycles. The number of aryl methyl sites for hydroxylation is 1. The highest BCUT2D eigenvalue weighted by molar-refractivity contribution is 6.31. The second kappa shape index (κ2) is 6.60. The molecule has 0 aliphatic heterocycles. The van der Waals surface area contributed by atoms with Crippen molar-refractivity contribution >= 4 is 34.8 Å². The van der Waals surface area contributed by atoms with Crippen molar-refractivity contribution in [3.63, 3.8) is 0 Å². The molecule has 1 amide bonds. The molecule has 2 aromatic carbocycles. The van der Waals surface area contributed by atoms with E-state index in [4.69, 9.17) is 23.2 Å². The first-order valence-corrected chi connectivity index (χ1v) is 6.69. The summed E-state index contributed by atoms with van der Waals surface area (Å²) in [7, 11) is 0. The normalized spacial score (nSPS) is 10.2. The van der Waals surface area contributed by atoms with Crippen LogP contribution in [-0.4, -0.2) is 5.91 Å². The molecule has 4 heteroatoms. The van der Waals surface area contributed by atoms with Gasteiger partial charge >= 0.3 is 0 Å². The molecule has 1 N–H and O–H groups in total. The number of halogens is 2. The van der Waals surface area contributed by atoms with Gasteiger partial charge in [0.2, 0.25) is 5.91 Å². The van der Waals surface area contributed by atoms with E-state index in [1.807, 2.05) is 30.3 Å². The zero-order chi connectivity index (χ0) is 13.7. The van der Waals surface area contributed by atoms with Crippen molar-refractivity contribution in [2.24, 2.45) is 0 Å². The van der Waals surface area contributed by atoms with Gasteiger partial charge in [0.1, 0.15) is 0 Å². The average molecular weight is 294 g/mol. The van der Waals surface area contributed by atoms with E-state index in [9.17, 15) is 4.79 Å². The molecule has 0 saturated heterocycles.